The van der Waals surface area contributed by atoms with Gasteiger partial charge < -0.3 is 0 Å². The molecule has 0 fully saturated rings. The molecule has 0 saturated carbocycles. The number of nitrogens with zero attached hydrogens (tertiary/aromatic N) is 1. The molecular formula is C17H22N+. The molecule has 0 saturated heterocycles. The van der Waals surface area contributed by atoms with Crippen molar-refractivity contribution in [1.82, 2.24) is 0 Å². The molecule has 1 aromatic heterocycles. The molecule has 94 valence electrons. The Bertz CT molecular complexity index is 554. The molecule has 0 aliphatic rings. The van der Waals surface area contributed by atoms with Crippen molar-refractivity contribution in [3.8, 4) is 11.3 Å². The third kappa shape index (κ3) is 2.17. The highest BCUT2D eigenvalue weighted by Crippen LogP contribution is 2.25. The highest BCUT2D eigenvalue weighted by Gasteiger charge is 2.15. The lowest BCUT2D eigenvalue weighted by Crippen LogP contribution is -2.31. The van der Waals surface area contributed by atoms with Crippen LogP contribution in [0.1, 0.15) is 27.8 Å². The van der Waals surface area contributed by atoms with Crippen LogP contribution in [-0.2, 0) is 7.05 Å². The maximum atomic E-state index is 2.30. The lowest BCUT2D eigenvalue weighted by Gasteiger charge is -2.10. The monoisotopic (exact) mass is 240 g/mol. The summed E-state index contributed by atoms with van der Waals surface area (Å²) in [7, 11) is 2.12. The van der Waals surface area contributed by atoms with Crippen LogP contribution in [0.25, 0.3) is 11.3 Å². The van der Waals surface area contributed by atoms with E-state index in [2.05, 4.69) is 70.6 Å². The number of hydrogen-bond acceptors (Lipinski definition) is 0. The van der Waals surface area contributed by atoms with E-state index in [0.29, 0.717) is 0 Å². The smallest absolute Gasteiger partial charge is 0.201 e. The number of aromatic nitrogens is 1. The molecule has 0 aliphatic carbocycles. The van der Waals surface area contributed by atoms with E-state index in [1.807, 2.05) is 0 Å². The predicted octanol–water partition coefficient (Wildman–Crippen LogP) is 3.72. The van der Waals surface area contributed by atoms with Gasteiger partial charge in [0.15, 0.2) is 6.20 Å². The first-order valence-electron chi connectivity index (χ1n) is 6.45. The topological polar surface area (TPSA) is 3.88 Å². The lowest BCUT2D eigenvalue weighted by atomic mass is 9.97. The Morgan fingerprint density at radius 2 is 1.22 bits per heavy atom. The summed E-state index contributed by atoms with van der Waals surface area (Å²) in [5.41, 5.74) is 9.37. The van der Waals surface area contributed by atoms with Crippen LogP contribution in [0, 0.1) is 34.6 Å². The Morgan fingerprint density at radius 3 is 1.89 bits per heavy atom. The van der Waals surface area contributed by atoms with Crippen molar-refractivity contribution in [2.24, 2.45) is 7.05 Å². The van der Waals surface area contributed by atoms with Crippen molar-refractivity contribution >= 4 is 0 Å². The summed E-state index contributed by atoms with van der Waals surface area (Å²) >= 11 is 0. The van der Waals surface area contributed by atoms with Crippen LogP contribution in [-0.4, -0.2) is 0 Å². The number of benzene rings is 1. The van der Waals surface area contributed by atoms with Crippen LogP contribution in [0.5, 0.6) is 0 Å². The Kier molecular flexibility index (Phi) is 3.25. The molecule has 1 nitrogen and oxygen atoms in total. The van der Waals surface area contributed by atoms with Gasteiger partial charge in [-0.3, -0.25) is 0 Å². The zero-order valence-electron chi connectivity index (χ0n) is 12.3. The van der Waals surface area contributed by atoms with E-state index in [-0.39, 0.29) is 0 Å². The fraction of sp³-hybridized carbons (Fsp3) is 0.353. The van der Waals surface area contributed by atoms with Gasteiger partial charge in [0.1, 0.15) is 7.05 Å². The van der Waals surface area contributed by atoms with E-state index in [0.717, 1.165) is 0 Å². The van der Waals surface area contributed by atoms with Crippen LogP contribution in [0.2, 0.25) is 0 Å². The van der Waals surface area contributed by atoms with Crippen LogP contribution < -0.4 is 4.57 Å². The minimum Gasteiger partial charge on any atom is -0.201 e. The van der Waals surface area contributed by atoms with Crippen molar-refractivity contribution in [1.29, 1.82) is 0 Å². The van der Waals surface area contributed by atoms with E-state index < -0.39 is 0 Å². The first kappa shape index (κ1) is 12.8. The van der Waals surface area contributed by atoms with Crippen molar-refractivity contribution in [2.45, 2.75) is 34.6 Å². The standard InChI is InChI=1S/C17H22N/c1-11-7-14(4)16(8-12(11)2)17-9-13(3)15(5)10-18(17)6/h7-10H,1-6H3/q+1. The second kappa shape index (κ2) is 4.56. The Balaban J connectivity index is 2.69. The number of aryl methyl sites for hydroxylation is 6. The van der Waals surface area contributed by atoms with Gasteiger partial charge in [0.05, 0.1) is 0 Å². The van der Waals surface area contributed by atoms with E-state index in [9.17, 15) is 0 Å². The summed E-state index contributed by atoms with van der Waals surface area (Å²) in [5, 5.41) is 0. The Hall–Kier alpha value is -1.63. The Labute approximate surface area is 110 Å². The third-order valence-corrected chi connectivity index (χ3v) is 3.86. The second-order valence-electron chi connectivity index (χ2n) is 5.39. The first-order chi connectivity index (χ1) is 8.40. The van der Waals surface area contributed by atoms with Gasteiger partial charge in [-0.15, -0.1) is 0 Å². The zero-order valence-corrected chi connectivity index (χ0v) is 12.3. The van der Waals surface area contributed by atoms with E-state index in [1.54, 1.807) is 0 Å². The van der Waals surface area contributed by atoms with Crippen LogP contribution in [0.4, 0.5) is 0 Å². The molecule has 1 heterocycles. The SMILES string of the molecule is Cc1cc(C)c(-c2cc(C)c(C)c[n+]2C)cc1C. The molecule has 2 aromatic rings. The molecule has 1 heteroatoms. The number of rotatable bonds is 1. The van der Waals surface area contributed by atoms with Gasteiger partial charge in [0.25, 0.3) is 0 Å². The summed E-state index contributed by atoms with van der Waals surface area (Å²) in [6.45, 7) is 10.9. The fourth-order valence-corrected chi connectivity index (χ4v) is 2.39. The van der Waals surface area contributed by atoms with Crippen LogP contribution >= 0.6 is 0 Å². The maximum absolute atomic E-state index is 2.30. The highest BCUT2D eigenvalue weighted by atomic mass is 14.9. The van der Waals surface area contributed by atoms with Gasteiger partial charge in [0, 0.05) is 17.2 Å². The molecule has 2 rings (SSSR count). The molecule has 1 aromatic carbocycles. The van der Waals surface area contributed by atoms with Gasteiger partial charge in [-0.25, -0.2) is 4.57 Å². The molecule has 0 bridgehead atoms. The van der Waals surface area contributed by atoms with E-state index in [4.69, 9.17) is 0 Å². The minimum atomic E-state index is 1.29. The number of hydrogen-bond donors (Lipinski definition) is 0. The van der Waals surface area contributed by atoms with Gasteiger partial charge in [-0.05, 0) is 62.9 Å². The van der Waals surface area contributed by atoms with E-state index >= 15 is 0 Å². The minimum absolute atomic E-state index is 1.29. The quantitative estimate of drug-likeness (QED) is 0.669. The lowest BCUT2D eigenvalue weighted by molar-refractivity contribution is -0.660. The van der Waals surface area contributed by atoms with E-state index in [1.165, 1.54) is 39.1 Å². The summed E-state index contributed by atoms with van der Waals surface area (Å²) in [4.78, 5) is 0. The molecule has 0 atom stereocenters. The summed E-state index contributed by atoms with van der Waals surface area (Å²) < 4.78 is 2.22. The van der Waals surface area contributed by atoms with Crippen LogP contribution in [0.15, 0.2) is 24.4 Å². The molecule has 0 radical (unpaired) electrons. The van der Waals surface area contributed by atoms with Crippen molar-refractivity contribution in [2.75, 3.05) is 0 Å². The van der Waals surface area contributed by atoms with Gasteiger partial charge >= 0.3 is 0 Å². The normalized spacial score (nSPS) is 10.8. The highest BCUT2D eigenvalue weighted by molar-refractivity contribution is 5.63. The predicted molar refractivity (Wildman–Crippen MR) is 76.7 cm³/mol. The van der Waals surface area contributed by atoms with Crippen molar-refractivity contribution in [3.05, 3.63) is 52.2 Å². The molecule has 0 unspecified atom stereocenters. The summed E-state index contributed by atoms with van der Waals surface area (Å²) in [5.74, 6) is 0. The molecule has 0 spiro atoms. The largest absolute Gasteiger partial charge is 0.212 e. The zero-order chi connectivity index (χ0) is 13.4. The molecule has 18 heavy (non-hydrogen) atoms. The van der Waals surface area contributed by atoms with Gasteiger partial charge in [-0.1, -0.05) is 6.07 Å². The molecular weight excluding hydrogens is 218 g/mol. The number of pyridine rings is 1. The maximum Gasteiger partial charge on any atom is 0.212 e. The second-order valence-corrected chi connectivity index (χ2v) is 5.39. The molecule has 0 N–H and O–H groups in total. The van der Waals surface area contributed by atoms with Gasteiger partial charge in [-0.2, -0.15) is 0 Å². The van der Waals surface area contributed by atoms with Crippen molar-refractivity contribution in [3.63, 3.8) is 0 Å². The van der Waals surface area contributed by atoms with Gasteiger partial charge in [0.2, 0.25) is 5.69 Å². The average molecular weight is 240 g/mol. The third-order valence-electron chi connectivity index (χ3n) is 3.86. The summed E-state index contributed by atoms with van der Waals surface area (Å²) in [6.07, 6.45) is 2.21. The Morgan fingerprint density at radius 1 is 0.667 bits per heavy atom. The van der Waals surface area contributed by atoms with Crippen LogP contribution in [0.3, 0.4) is 0 Å². The molecule has 0 aliphatic heterocycles. The fourth-order valence-electron chi connectivity index (χ4n) is 2.39. The summed E-state index contributed by atoms with van der Waals surface area (Å²) in [6, 6.07) is 6.86. The average Bonchev–Trinajstić information content (AvgIpc) is 2.29. The first-order valence-corrected chi connectivity index (χ1v) is 6.45. The van der Waals surface area contributed by atoms with Crippen molar-refractivity contribution < 1.29 is 4.57 Å². The molecule has 0 amide bonds.